The molecule has 0 aliphatic heterocycles. The maximum Gasteiger partial charge on any atom is 0.315 e. The number of nitrogens with one attached hydrogen (secondary N) is 2. The first-order valence-corrected chi connectivity index (χ1v) is 7.78. The van der Waals surface area contributed by atoms with Crippen molar-refractivity contribution >= 4 is 6.03 Å². The Morgan fingerprint density at radius 1 is 1.04 bits per heavy atom. The number of aryl methyl sites for hydroxylation is 3. The number of urea groups is 1. The van der Waals surface area contributed by atoms with E-state index in [0.717, 1.165) is 11.1 Å². The molecule has 0 bridgehead atoms. The van der Waals surface area contributed by atoms with Gasteiger partial charge in [0, 0.05) is 13.1 Å². The average molecular weight is 314 g/mol. The minimum absolute atomic E-state index is 0.208. The Morgan fingerprint density at radius 2 is 1.74 bits per heavy atom. The number of carbonyl (C=O) groups excluding carboxylic acids is 1. The molecule has 0 unspecified atom stereocenters. The van der Waals surface area contributed by atoms with Gasteiger partial charge in [0.2, 0.25) is 0 Å². The molecule has 0 aliphatic carbocycles. The third-order valence-corrected chi connectivity index (χ3v) is 3.85. The minimum Gasteiger partial charge on any atom is -0.338 e. The number of hydrogen-bond donors (Lipinski definition) is 2. The Bertz CT molecular complexity index is 675. The van der Waals surface area contributed by atoms with Crippen LogP contribution in [0, 0.1) is 26.6 Å². The predicted octanol–water partition coefficient (Wildman–Crippen LogP) is 3.79. The van der Waals surface area contributed by atoms with E-state index < -0.39 is 0 Å². The van der Waals surface area contributed by atoms with Gasteiger partial charge >= 0.3 is 6.03 Å². The monoisotopic (exact) mass is 314 g/mol. The number of hydrogen-bond acceptors (Lipinski definition) is 1. The molecule has 0 aromatic heterocycles. The second-order valence-electron chi connectivity index (χ2n) is 5.87. The number of halogens is 1. The van der Waals surface area contributed by atoms with Gasteiger partial charge in [-0.15, -0.1) is 0 Å². The van der Waals surface area contributed by atoms with Crippen molar-refractivity contribution in [2.75, 3.05) is 6.54 Å². The van der Waals surface area contributed by atoms with Crippen LogP contribution >= 0.6 is 0 Å². The molecule has 2 aromatic rings. The molecule has 2 aromatic carbocycles. The molecule has 122 valence electrons. The van der Waals surface area contributed by atoms with Crippen molar-refractivity contribution in [3.63, 3.8) is 0 Å². The molecular weight excluding hydrogens is 291 g/mol. The summed E-state index contributed by atoms with van der Waals surface area (Å²) in [5.74, 6) is -0.253. The smallest absolute Gasteiger partial charge is 0.315 e. The van der Waals surface area contributed by atoms with Crippen molar-refractivity contribution in [3.8, 4) is 0 Å². The van der Waals surface area contributed by atoms with E-state index >= 15 is 0 Å². The molecule has 0 aliphatic rings. The van der Waals surface area contributed by atoms with Gasteiger partial charge in [-0.05, 0) is 61.6 Å². The summed E-state index contributed by atoms with van der Waals surface area (Å²) < 4.78 is 13.1. The Kier molecular flexibility index (Phi) is 5.74. The van der Waals surface area contributed by atoms with Crippen molar-refractivity contribution in [1.29, 1.82) is 0 Å². The molecule has 0 heterocycles. The third-order valence-electron chi connectivity index (χ3n) is 3.85. The second kappa shape index (κ2) is 7.77. The van der Waals surface area contributed by atoms with Gasteiger partial charge in [-0.25, -0.2) is 9.18 Å². The van der Waals surface area contributed by atoms with Crippen molar-refractivity contribution < 1.29 is 9.18 Å². The molecule has 0 radical (unpaired) electrons. The molecule has 0 fully saturated rings. The predicted molar refractivity (Wildman–Crippen MR) is 91.0 cm³/mol. The fourth-order valence-corrected chi connectivity index (χ4v) is 2.73. The Hall–Kier alpha value is -2.36. The molecule has 0 spiro atoms. The molecule has 0 atom stereocenters. The third kappa shape index (κ3) is 5.09. The highest BCUT2D eigenvalue weighted by Gasteiger charge is 2.06. The van der Waals surface area contributed by atoms with Gasteiger partial charge in [0.05, 0.1) is 0 Å². The molecule has 23 heavy (non-hydrogen) atoms. The number of amides is 2. The van der Waals surface area contributed by atoms with Crippen LogP contribution in [0.15, 0.2) is 36.4 Å². The van der Waals surface area contributed by atoms with Crippen LogP contribution in [-0.4, -0.2) is 12.6 Å². The van der Waals surface area contributed by atoms with Crippen LogP contribution < -0.4 is 10.6 Å². The van der Waals surface area contributed by atoms with E-state index in [1.165, 1.54) is 28.8 Å². The molecule has 0 saturated heterocycles. The minimum atomic E-state index is -0.253. The van der Waals surface area contributed by atoms with Crippen LogP contribution in [0.2, 0.25) is 0 Å². The lowest BCUT2D eigenvalue weighted by Crippen LogP contribution is -2.36. The molecule has 3 nitrogen and oxygen atoms in total. The summed E-state index contributed by atoms with van der Waals surface area (Å²) in [6.07, 6.45) is 0.605. The summed E-state index contributed by atoms with van der Waals surface area (Å²) in [6.45, 7) is 7.15. The lowest BCUT2D eigenvalue weighted by molar-refractivity contribution is 0.240. The zero-order valence-electron chi connectivity index (χ0n) is 13.9. The Balaban J connectivity index is 1.79. The largest absolute Gasteiger partial charge is 0.338 e. The fourth-order valence-electron chi connectivity index (χ4n) is 2.73. The van der Waals surface area contributed by atoms with Gasteiger partial charge in [-0.3, -0.25) is 0 Å². The summed E-state index contributed by atoms with van der Waals surface area (Å²) in [4.78, 5) is 11.9. The summed E-state index contributed by atoms with van der Waals surface area (Å²) in [5, 5.41) is 5.67. The van der Waals surface area contributed by atoms with Crippen LogP contribution in [-0.2, 0) is 13.0 Å². The molecular formula is C19H23FN2O. The summed E-state index contributed by atoms with van der Waals surface area (Å²) in [7, 11) is 0. The quantitative estimate of drug-likeness (QED) is 0.866. The number of benzene rings is 2. The first kappa shape index (κ1) is 17.0. The standard InChI is InChI=1S/C19H23FN2O/c1-13-9-14(2)18(15(3)10-13)12-22-19(23)21-8-7-16-5-4-6-17(20)11-16/h4-6,9-11H,7-8,12H2,1-3H3,(H2,21,22,23). The summed E-state index contributed by atoms with van der Waals surface area (Å²) >= 11 is 0. The Morgan fingerprint density at radius 3 is 2.39 bits per heavy atom. The van der Waals surface area contributed by atoms with E-state index in [2.05, 4.69) is 43.5 Å². The van der Waals surface area contributed by atoms with Gasteiger partial charge in [-0.1, -0.05) is 29.8 Å². The zero-order valence-corrected chi connectivity index (χ0v) is 13.9. The summed E-state index contributed by atoms with van der Waals surface area (Å²) in [6, 6.07) is 10.4. The first-order valence-electron chi connectivity index (χ1n) is 7.78. The first-order chi connectivity index (χ1) is 11.0. The maximum atomic E-state index is 13.1. The van der Waals surface area contributed by atoms with Crippen molar-refractivity contribution in [2.24, 2.45) is 0 Å². The molecule has 4 heteroatoms. The van der Waals surface area contributed by atoms with Gasteiger partial charge < -0.3 is 10.6 Å². The lowest BCUT2D eigenvalue weighted by Gasteiger charge is -2.13. The average Bonchev–Trinajstić information content (AvgIpc) is 2.46. The van der Waals surface area contributed by atoms with Crippen LogP contribution in [0.25, 0.3) is 0 Å². The van der Waals surface area contributed by atoms with E-state index in [0.29, 0.717) is 19.5 Å². The van der Waals surface area contributed by atoms with E-state index in [1.54, 1.807) is 6.07 Å². The Labute approximate surface area is 136 Å². The fraction of sp³-hybridized carbons (Fsp3) is 0.316. The maximum absolute atomic E-state index is 13.1. The number of rotatable bonds is 5. The highest BCUT2D eigenvalue weighted by atomic mass is 19.1. The van der Waals surface area contributed by atoms with Crippen LogP contribution in [0.1, 0.15) is 27.8 Å². The van der Waals surface area contributed by atoms with E-state index in [1.807, 2.05) is 6.07 Å². The molecule has 2 rings (SSSR count). The SMILES string of the molecule is Cc1cc(C)c(CNC(=O)NCCc2cccc(F)c2)c(C)c1. The van der Waals surface area contributed by atoms with Gasteiger partial charge in [0.25, 0.3) is 0 Å². The van der Waals surface area contributed by atoms with Crippen molar-refractivity contribution in [2.45, 2.75) is 33.7 Å². The summed E-state index contributed by atoms with van der Waals surface area (Å²) in [5.41, 5.74) is 5.61. The van der Waals surface area contributed by atoms with Gasteiger partial charge in [0.15, 0.2) is 0 Å². The van der Waals surface area contributed by atoms with Crippen LogP contribution in [0.3, 0.4) is 0 Å². The molecule has 0 saturated carbocycles. The van der Waals surface area contributed by atoms with Crippen molar-refractivity contribution in [3.05, 3.63) is 70.0 Å². The number of carbonyl (C=O) groups is 1. The van der Waals surface area contributed by atoms with E-state index in [4.69, 9.17) is 0 Å². The highest BCUT2D eigenvalue weighted by Crippen LogP contribution is 2.15. The second-order valence-corrected chi connectivity index (χ2v) is 5.87. The molecule has 2 amide bonds. The molecule has 2 N–H and O–H groups in total. The van der Waals surface area contributed by atoms with E-state index in [-0.39, 0.29) is 11.8 Å². The van der Waals surface area contributed by atoms with Crippen molar-refractivity contribution in [1.82, 2.24) is 10.6 Å². The highest BCUT2D eigenvalue weighted by molar-refractivity contribution is 5.73. The lowest BCUT2D eigenvalue weighted by atomic mass is 10.00. The van der Waals surface area contributed by atoms with Gasteiger partial charge in [0.1, 0.15) is 5.82 Å². The van der Waals surface area contributed by atoms with Gasteiger partial charge in [-0.2, -0.15) is 0 Å². The normalized spacial score (nSPS) is 10.4. The van der Waals surface area contributed by atoms with Crippen LogP contribution in [0.5, 0.6) is 0 Å². The topological polar surface area (TPSA) is 41.1 Å². The van der Waals surface area contributed by atoms with E-state index in [9.17, 15) is 9.18 Å². The van der Waals surface area contributed by atoms with Crippen LogP contribution in [0.4, 0.5) is 9.18 Å². The zero-order chi connectivity index (χ0) is 16.8.